The van der Waals surface area contributed by atoms with Crippen molar-refractivity contribution < 1.29 is 9.53 Å². The van der Waals surface area contributed by atoms with Crippen LogP contribution in [0.1, 0.15) is 78.1 Å². The zero-order chi connectivity index (χ0) is 20.0. The first-order chi connectivity index (χ1) is 13.4. The van der Waals surface area contributed by atoms with Crippen LogP contribution in [0.3, 0.4) is 0 Å². The number of hydrogen-bond acceptors (Lipinski definition) is 2. The Morgan fingerprint density at radius 1 is 1.14 bits per heavy atom. The van der Waals surface area contributed by atoms with E-state index in [0.29, 0.717) is 17.6 Å². The molecule has 0 radical (unpaired) electrons. The minimum Gasteiger partial charge on any atom is -0.362 e. The quantitative estimate of drug-likeness (QED) is 0.290. The van der Waals surface area contributed by atoms with Gasteiger partial charge in [0.15, 0.2) is 5.78 Å². The topological polar surface area (TPSA) is 26.3 Å². The van der Waals surface area contributed by atoms with Gasteiger partial charge in [-0.3, -0.25) is 4.79 Å². The summed E-state index contributed by atoms with van der Waals surface area (Å²) in [6.45, 7) is 5.66. The molecule has 154 valence electrons. The van der Waals surface area contributed by atoms with Gasteiger partial charge < -0.3 is 4.74 Å². The largest absolute Gasteiger partial charge is 0.362 e. The molecule has 0 aliphatic heterocycles. The normalized spacial score (nSPS) is 44.9. The molecule has 4 aliphatic rings. The summed E-state index contributed by atoms with van der Waals surface area (Å²) in [6, 6.07) is 0. The minimum absolute atomic E-state index is 0.0966. The van der Waals surface area contributed by atoms with Crippen molar-refractivity contribution in [2.45, 2.75) is 83.7 Å². The van der Waals surface area contributed by atoms with E-state index < -0.39 is 0 Å². The standard InChI is InChI=1S/C25H35BrO2/c1-4-25(28-16-6-5-15-26)14-11-22-20-8-7-18-17-19(27)9-12-23(18,2)21(20)10-13-24(22,25)3/h1,17,20-22H,5-16H2,2-3H3/t20-,21+,22+,23+,24+,25?/m1/s1. The van der Waals surface area contributed by atoms with E-state index in [0.717, 1.165) is 62.8 Å². The second kappa shape index (κ2) is 7.59. The minimum atomic E-state index is -0.380. The molecule has 1 unspecified atom stereocenters. The Labute approximate surface area is 179 Å². The average molecular weight is 447 g/mol. The number of halogens is 1. The number of terminal acetylenes is 1. The molecule has 0 aromatic heterocycles. The smallest absolute Gasteiger partial charge is 0.155 e. The predicted molar refractivity (Wildman–Crippen MR) is 117 cm³/mol. The number of hydrogen-bond donors (Lipinski definition) is 0. The maximum absolute atomic E-state index is 12.0. The molecule has 0 N–H and O–H groups in total. The van der Waals surface area contributed by atoms with Crippen molar-refractivity contribution >= 4 is 21.7 Å². The molecule has 4 rings (SSSR count). The molecule has 0 aromatic rings. The Morgan fingerprint density at radius 3 is 2.68 bits per heavy atom. The molecular weight excluding hydrogens is 412 g/mol. The molecule has 3 saturated carbocycles. The zero-order valence-corrected chi connectivity index (χ0v) is 19.2. The lowest BCUT2D eigenvalue weighted by molar-refractivity contribution is -0.131. The van der Waals surface area contributed by atoms with Crippen LogP contribution in [-0.4, -0.2) is 23.3 Å². The van der Waals surface area contributed by atoms with Gasteiger partial charge in [-0.1, -0.05) is 41.3 Å². The Balaban J connectivity index is 1.57. The summed E-state index contributed by atoms with van der Waals surface area (Å²) in [5.41, 5.74) is 1.39. The van der Waals surface area contributed by atoms with E-state index in [9.17, 15) is 4.79 Å². The molecule has 2 nitrogen and oxygen atoms in total. The van der Waals surface area contributed by atoms with Crippen molar-refractivity contribution in [2.24, 2.45) is 28.6 Å². The highest BCUT2D eigenvalue weighted by atomic mass is 79.9. The van der Waals surface area contributed by atoms with E-state index in [1.807, 2.05) is 6.08 Å². The first-order valence-corrected chi connectivity index (χ1v) is 12.4. The third kappa shape index (κ3) is 2.97. The van der Waals surface area contributed by atoms with Crippen LogP contribution >= 0.6 is 15.9 Å². The molecule has 6 atom stereocenters. The summed E-state index contributed by atoms with van der Waals surface area (Å²) in [4.78, 5) is 12.0. The van der Waals surface area contributed by atoms with E-state index in [4.69, 9.17) is 11.2 Å². The summed E-state index contributed by atoms with van der Waals surface area (Å²) < 4.78 is 6.53. The summed E-state index contributed by atoms with van der Waals surface area (Å²) >= 11 is 3.51. The monoisotopic (exact) mass is 446 g/mol. The van der Waals surface area contributed by atoms with Crippen molar-refractivity contribution in [1.82, 2.24) is 0 Å². The molecule has 0 saturated heterocycles. The summed E-state index contributed by atoms with van der Waals surface area (Å²) in [5, 5.41) is 1.03. The molecule has 0 spiro atoms. The van der Waals surface area contributed by atoms with Crippen LogP contribution in [0.15, 0.2) is 11.6 Å². The zero-order valence-electron chi connectivity index (χ0n) is 17.6. The second-order valence-corrected chi connectivity index (χ2v) is 11.0. The molecule has 0 heterocycles. The fraction of sp³-hybridized carbons (Fsp3) is 0.800. The second-order valence-electron chi connectivity index (χ2n) is 10.2. The third-order valence-corrected chi connectivity index (χ3v) is 9.75. The Morgan fingerprint density at radius 2 is 1.93 bits per heavy atom. The molecule has 3 fully saturated rings. The number of alkyl halides is 1. The lowest BCUT2D eigenvalue weighted by Gasteiger charge is -2.59. The van der Waals surface area contributed by atoms with Crippen molar-refractivity contribution in [2.75, 3.05) is 11.9 Å². The van der Waals surface area contributed by atoms with Gasteiger partial charge in [0.2, 0.25) is 0 Å². The Hall–Kier alpha value is -0.590. The molecule has 0 amide bonds. The maximum atomic E-state index is 12.0. The highest BCUT2D eigenvalue weighted by Gasteiger charge is 2.64. The fourth-order valence-electron chi connectivity index (χ4n) is 7.52. The maximum Gasteiger partial charge on any atom is 0.155 e. The Bertz CT molecular complexity index is 706. The van der Waals surface area contributed by atoms with Crippen LogP contribution in [-0.2, 0) is 9.53 Å². The van der Waals surface area contributed by atoms with Crippen LogP contribution in [0.25, 0.3) is 0 Å². The first-order valence-electron chi connectivity index (χ1n) is 11.3. The number of ether oxygens (including phenoxy) is 1. The number of ketones is 1. The molecule has 0 aromatic carbocycles. The predicted octanol–water partition coefficient (Wildman–Crippen LogP) is 6.08. The molecular formula is C25H35BrO2. The van der Waals surface area contributed by atoms with Crippen molar-refractivity contribution in [3.63, 3.8) is 0 Å². The van der Waals surface area contributed by atoms with Gasteiger partial charge in [0, 0.05) is 23.8 Å². The van der Waals surface area contributed by atoms with E-state index in [2.05, 4.69) is 35.7 Å². The molecule has 3 heteroatoms. The summed E-state index contributed by atoms with van der Waals surface area (Å²) in [7, 11) is 0. The number of carbonyl (C=O) groups excluding carboxylic acids is 1. The van der Waals surface area contributed by atoms with E-state index >= 15 is 0 Å². The number of carbonyl (C=O) groups is 1. The van der Waals surface area contributed by atoms with E-state index in [1.54, 1.807) is 0 Å². The third-order valence-electron chi connectivity index (χ3n) is 9.19. The molecule has 28 heavy (non-hydrogen) atoms. The molecule has 4 aliphatic carbocycles. The summed E-state index contributed by atoms with van der Waals surface area (Å²) in [6.07, 6.45) is 19.1. The van der Waals surface area contributed by atoms with Gasteiger partial charge in [0.25, 0.3) is 0 Å². The van der Waals surface area contributed by atoms with E-state index in [-0.39, 0.29) is 16.4 Å². The van der Waals surface area contributed by atoms with Gasteiger partial charge in [-0.2, -0.15) is 0 Å². The van der Waals surface area contributed by atoms with Crippen molar-refractivity contribution in [3.8, 4) is 12.3 Å². The van der Waals surface area contributed by atoms with Crippen LogP contribution in [0, 0.1) is 40.9 Å². The lowest BCUT2D eigenvalue weighted by atomic mass is 9.46. The van der Waals surface area contributed by atoms with Gasteiger partial charge in [0.1, 0.15) is 5.60 Å². The van der Waals surface area contributed by atoms with Crippen molar-refractivity contribution in [1.29, 1.82) is 0 Å². The van der Waals surface area contributed by atoms with Gasteiger partial charge in [-0.15, -0.1) is 6.42 Å². The average Bonchev–Trinajstić information content (AvgIpc) is 2.99. The van der Waals surface area contributed by atoms with Gasteiger partial charge >= 0.3 is 0 Å². The number of unbranched alkanes of at least 4 members (excludes halogenated alkanes) is 1. The van der Waals surface area contributed by atoms with Gasteiger partial charge in [-0.05, 0) is 87.0 Å². The SMILES string of the molecule is C#CC1(OCCCCBr)CC[C@H]2[C@@H]3CCC4=CC(=O)CC[C@]4(C)[C@H]3CC[C@@]21C. The number of rotatable bonds is 5. The van der Waals surface area contributed by atoms with E-state index in [1.165, 1.54) is 24.8 Å². The highest BCUT2D eigenvalue weighted by molar-refractivity contribution is 9.09. The fourth-order valence-corrected chi connectivity index (χ4v) is 7.91. The van der Waals surface area contributed by atoms with Crippen LogP contribution in [0.5, 0.6) is 0 Å². The van der Waals surface area contributed by atoms with Crippen LogP contribution < -0.4 is 0 Å². The molecule has 0 bridgehead atoms. The number of allylic oxidation sites excluding steroid dienone is 1. The van der Waals surface area contributed by atoms with Gasteiger partial charge in [0.05, 0.1) is 0 Å². The lowest BCUT2D eigenvalue weighted by Crippen LogP contribution is -2.55. The highest BCUT2D eigenvalue weighted by Crippen LogP contribution is 2.68. The Kier molecular flexibility index (Phi) is 5.60. The van der Waals surface area contributed by atoms with Gasteiger partial charge in [-0.25, -0.2) is 0 Å². The first kappa shape index (κ1) is 20.7. The van der Waals surface area contributed by atoms with Crippen LogP contribution in [0.4, 0.5) is 0 Å². The van der Waals surface area contributed by atoms with Crippen LogP contribution in [0.2, 0.25) is 0 Å². The number of fused-ring (bicyclic) bond motifs is 5. The van der Waals surface area contributed by atoms with Crippen molar-refractivity contribution in [3.05, 3.63) is 11.6 Å². The summed E-state index contributed by atoms with van der Waals surface area (Å²) in [5.74, 6) is 5.62.